The van der Waals surface area contributed by atoms with Gasteiger partial charge in [-0.05, 0) is 60.9 Å². The standard InChI is InChI=1S/C25H31FN4O3S/c1-17-22(14-18-6-9-21(10-7-18)34(32,33)29(4)5)23-15-19(25(31)28(2)3)8-11-24(23)30(17)16-20(26)12-13-27/h6-12,15H,13-14,16,27H2,1-5H3. The van der Waals surface area contributed by atoms with Crippen molar-refractivity contribution in [1.82, 2.24) is 13.8 Å². The third kappa shape index (κ3) is 5.06. The minimum atomic E-state index is -3.52. The van der Waals surface area contributed by atoms with E-state index < -0.39 is 10.0 Å². The van der Waals surface area contributed by atoms with E-state index in [1.165, 1.54) is 29.4 Å². The number of benzene rings is 2. The van der Waals surface area contributed by atoms with Crippen molar-refractivity contribution in [3.05, 3.63) is 76.8 Å². The third-order valence-electron chi connectivity index (χ3n) is 5.84. The van der Waals surface area contributed by atoms with E-state index in [4.69, 9.17) is 5.73 Å². The van der Waals surface area contributed by atoms with E-state index in [1.807, 2.05) is 23.6 Å². The molecule has 0 spiro atoms. The summed E-state index contributed by atoms with van der Waals surface area (Å²) in [5, 5.41) is 0.857. The van der Waals surface area contributed by atoms with Crippen LogP contribution in [-0.2, 0) is 23.0 Å². The van der Waals surface area contributed by atoms with Gasteiger partial charge in [0.25, 0.3) is 5.91 Å². The first-order valence-corrected chi connectivity index (χ1v) is 12.3. The van der Waals surface area contributed by atoms with Crippen molar-refractivity contribution >= 4 is 26.8 Å². The summed E-state index contributed by atoms with van der Waals surface area (Å²) in [5.41, 5.74) is 9.55. The second kappa shape index (κ2) is 10.1. The number of fused-ring (bicyclic) bond motifs is 1. The lowest BCUT2D eigenvalue weighted by Gasteiger charge is -2.12. The third-order valence-corrected chi connectivity index (χ3v) is 7.67. The minimum Gasteiger partial charge on any atom is -0.345 e. The van der Waals surface area contributed by atoms with Crippen molar-refractivity contribution in [2.75, 3.05) is 34.7 Å². The van der Waals surface area contributed by atoms with Crippen molar-refractivity contribution in [1.29, 1.82) is 0 Å². The summed E-state index contributed by atoms with van der Waals surface area (Å²) in [6.45, 7) is 2.07. The number of carbonyl (C=O) groups excluding carboxylic acids is 1. The molecule has 0 fully saturated rings. The summed E-state index contributed by atoms with van der Waals surface area (Å²) in [4.78, 5) is 14.3. The topological polar surface area (TPSA) is 88.6 Å². The Morgan fingerprint density at radius 3 is 2.29 bits per heavy atom. The Hall–Kier alpha value is -3.01. The van der Waals surface area contributed by atoms with Crippen LogP contribution in [0.15, 0.2) is 59.3 Å². The molecule has 2 aromatic carbocycles. The van der Waals surface area contributed by atoms with Gasteiger partial charge in [-0.3, -0.25) is 4.79 Å². The van der Waals surface area contributed by atoms with Crippen LogP contribution in [0.3, 0.4) is 0 Å². The Labute approximate surface area is 200 Å². The highest BCUT2D eigenvalue weighted by Gasteiger charge is 2.20. The predicted octanol–water partition coefficient (Wildman–Crippen LogP) is 3.30. The van der Waals surface area contributed by atoms with E-state index in [-0.39, 0.29) is 29.7 Å². The molecular formula is C25H31FN4O3S. The van der Waals surface area contributed by atoms with Gasteiger partial charge in [-0.2, -0.15) is 0 Å². The largest absolute Gasteiger partial charge is 0.345 e. The van der Waals surface area contributed by atoms with Crippen molar-refractivity contribution in [2.45, 2.75) is 24.8 Å². The van der Waals surface area contributed by atoms with Gasteiger partial charge in [-0.1, -0.05) is 12.1 Å². The molecular weight excluding hydrogens is 455 g/mol. The molecule has 1 heterocycles. The second-order valence-corrected chi connectivity index (χ2v) is 10.7. The molecule has 1 amide bonds. The summed E-state index contributed by atoms with van der Waals surface area (Å²) in [7, 11) is 2.86. The van der Waals surface area contributed by atoms with Crippen molar-refractivity contribution in [2.24, 2.45) is 5.73 Å². The maximum absolute atomic E-state index is 14.4. The van der Waals surface area contributed by atoms with Gasteiger partial charge in [0.1, 0.15) is 5.83 Å². The Morgan fingerprint density at radius 2 is 1.74 bits per heavy atom. The molecule has 0 saturated carbocycles. The maximum Gasteiger partial charge on any atom is 0.253 e. The molecule has 1 aromatic heterocycles. The summed E-state index contributed by atoms with van der Waals surface area (Å²) < 4.78 is 42.2. The zero-order valence-electron chi connectivity index (χ0n) is 20.2. The van der Waals surface area contributed by atoms with E-state index >= 15 is 0 Å². The van der Waals surface area contributed by atoms with Crippen molar-refractivity contribution in [3.63, 3.8) is 0 Å². The van der Waals surface area contributed by atoms with Gasteiger partial charge in [0.2, 0.25) is 10.0 Å². The van der Waals surface area contributed by atoms with Crippen LogP contribution >= 0.6 is 0 Å². The van der Waals surface area contributed by atoms with Crippen LogP contribution in [-0.4, -0.2) is 62.8 Å². The van der Waals surface area contributed by atoms with Crippen molar-refractivity contribution in [3.8, 4) is 0 Å². The molecule has 7 nitrogen and oxygen atoms in total. The molecule has 9 heteroatoms. The molecule has 0 saturated heterocycles. The summed E-state index contributed by atoms with van der Waals surface area (Å²) in [5.74, 6) is -0.452. The highest BCUT2D eigenvalue weighted by Crippen LogP contribution is 2.30. The molecule has 0 unspecified atom stereocenters. The zero-order valence-corrected chi connectivity index (χ0v) is 21.0. The molecule has 182 valence electrons. The zero-order chi connectivity index (χ0) is 25.2. The van der Waals surface area contributed by atoms with Gasteiger partial charge in [-0.15, -0.1) is 0 Å². The molecule has 0 atom stereocenters. The summed E-state index contributed by atoms with van der Waals surface area (Å²) in [6.07, 6.45) is 1.85. The minimum absolute atomic E-state index is 0.0422. The number of nitrogens with two attached hydrogens (primary N) is 1. The van der Waals surface area contributed by atoms with E-state index in [1.54, 1.807) is 44.4 Å². The maximum atomic E-state index is 14.4. The number of nitrogens with zero attached hydrogens (tertiary/aromatic N) is 3. The average Bonchev–Trinajstić information content (AvgIpc) is 3.04. The first-order chi connectivity index (χ1) is 16.0. The molecule has 0 bridgehead atoms. The number of sulfonamides is 1. The van der Waals surface area contributed by atoms with Crippen LogP contribution < -0.4 is 5.73 Å². The number of carbonyl (C=O) groups is 1. The molecule has 0 aliphatic rings. The fraction of sp³-hybridized carbons (Fsp3) is 0.320. The molecule has 0 aliphatic heterocycles. The van der Waals surface area contributed by atoms with Crippen LogP contribution in [0.2, 0.25) is 0 Å². The van der Waals surface area contributed by atoms with Gasteiger partial charge >= 0.3 is 0 Å². The Kier molecular flexibility index (Phi) is 7.60. The molecule has 34 heavy (non-hydrogen) atoms. The Bertz CT molecular complexity index is 1340. The lowest BCUT2D eigenvalue weighted by Crippen LogP contribution is -2.22. The van der Waals surface area contributed by atoms with Gasteiger partial charge < -0.3 is 15.2 Å². The highest BCUT2D eigenvalue weighted by molar-refractivity contribution is 7.89. The van der Waals surface area contributed by atoms with Crippen molar-refractivity contribution < 1.29 is 17.6 Å². The first-order valence-electron chi connectivity index (χ1n) is 10.9. The number of hydrogen-bond acceptors (Lipinski definition) is 4. The number of amides is 1. The normalized spacial score (nSPS) is 12.5. The summed E-state index contributed by atoms with van der Waals surface area (Å²) >= 11 is 0. The first kappa shape index (κ1) is 25.6. The molecule has 0 aliphatic carbocycles. The van der Waals surface area contributed by atoms with Gasteiger partial charge in [0.15, 0.2) is 0 Å². The predicted molar refractivity (Wildman–Crippen MR) is 133 cm³/mol. The number of rotatable bonds is 8. The smallest absolute Gasteiger partial charge is 0.253 e. The van der Waals surface area contributed by atoms with E-state index in [2.05, 4.69) is 0 Å². The fourth-order valence-electron chi connectivity index (χ4n) is 3.91. The number of halogens is 1. The average molecular weight is 487 g/mol. The van der Waals surface area contributed by atoms with Crippen LogP contribution in [0, 0.1) is 6.92 Å². The number of allylic oxidation sites excluding steroid dienone is 1. The molecule has 2 N–H and O–H groups in total. The van der Waals surface area contributed by atoms with E-state index in [0.717, 1.165) is 27.7 Å². The number of hydrogen-bond donors (Lipinski definition) is 1. The Morgan fingerprint density at radius 1 is 1.09 bits per heavy atom. The van der Waals surface area contributed by atoms with Gasteiger partial charge in [0.05, 0.1) is 11.4 Å². The lowest BCUT2D eigenvalue weighted by atomic mass is 10.0. The molecule has 3 rings (SSSR count). The van der Waals surface area contributed by atoms with Crippen LogP contribution in [0.1, 0.15) is 27.2 Å². The molecule has 3 aromatic rings. The van der Waals surface area contributed by atoms with Crippen LogP contribution in [0.25, 0.3) is 10.9 Å². The van der Waals surface area contributed by atoms with E-state index in [0.29, 0.717) is 12.0 Å². The van der Waals surface area contributed by atoms with Crippen LogP contribution in [0.5, 0.6) is 0 Å². The Balaban J connectivity index is 2.11. The highest BCUT2D eigenvalue weighted by atomic mass is 32.2. The fourth-order valence-corrected chi connectivity index (χ4v) is 4.81. The molecule has 0 radical (unpaired) electrons. The van der Waals surface area contributed by atoms with E-state index in [9.17, 15) is 17.6 Å². The second-order valence-electron chi connectivity index (χ2n) is 8.58. The SMILES string of the molecule is Cc1c(Cc2ccc(S(=O)(=O)N(C)C)cc2)c2cc(C(=O)N(C)C)ccc2n1CC(F)=CCN. The van der Waals surface area contributed by atoms with Gasteiger partial charge in [0, 0.05) is 56.9 Å². The lowest BCUT2D eigenvalue weighted by molar-refractivity contribution is 0.0827. The number of aromatic nitrogens is 1. The monoisotopic (exact) mass is 486 g/mol. The van der Waals surface area contributed by atoms with Gasteiger partial charge in [-0.25, -0.2) is 17.1 Å². The quantitative estimate of drug-likeness (QED) is 0.529. The van der Waals surface area contributed by atoms with Crippen LogP contribution in [0.4, 0.5) is 4.39 Å². The summed E-state index contributed by atoms with van der Waals surface area (Å²) in [6, 6.07) is 12.2.